The minimum absolute atomic E-state index is 0.0368. The Morgan fingerprint density at radius 2 is 2.05 bits per heavy atom. The molecule has 2 rings (SSSR count). The number of amides is 2. The smallest absolute Gasteiger partial charge is 0.437 e. The molecule has 3 atom stereocenters. The van der Waals surface area contributed by atoms with E-state index in [1.165, 1.54) is 17.4 Å². The number of urea groups is 1. The van der Waals surface area contributed by atoms with Gasteiger partial charge in [-0.25, -0.2) is 4.79 Å². The third-order valence-corrected chi connectivity index (χ3v) is 3.31. The van der Waals surface area contributed by atoms with Crippen molar-refractivity contribution in [2.24, 2.45) is 5.92 Å². The molecule has 1 saturated heterocycles. The minimum Gasteiger partial charge on any atom is -0.464 e. The molecule has 1 aliphatic rings. The van der Waals surface area contributed by atoms with E-state index in [1.54, 1.807) is 6.92 Å². The van der Waals surface area contributed by atoms with Gasteiger partial charge in [-0.3, -0.25) is 4.79 Å². The third kappa shape index (κ3) is 2.48. The van der Waals surface area contributed by atoms with Gasteiger partial charge in [-0.2, -0.15) is 13.2 Å². The molecule has 21 heavy (non-hydrogen) atoms. The molecule has 0 saturated carbocycles. The van der Waals surface area contributed by atoms with Gasteiger partial charge in [-0.05, 0) is 26.0 Å². The van der Waals surface area contributed by atoms with E-state index in [0.29, 0.717) is 5.76 Å². The number of carbonyl (C=O) groups excluding carboxylic acids is 2. The Kier molecular flexibility index (Phi) is 3.48. The molecule has 1 fully saturated rings. The van der Waals surface area contributed by atoms with Crippen LogP contribution < -0.4 is 10.6 Å². The Hall–Kier alpha value is -2.03. The van der Waals surface area contributed by atoms with Crippen molar-refractivity contribution in [1.29, 1.82) is 0 Å². The molecule has 3 unspecified atom stereocenters. The van der Waals surface area contributed by atoms with Crippen LogP contribution in [-0.2, 0) is 4.79 Å². The van der Waals surface area contributed by atoms with Crippen LogP contribution >= 0.6 is 0 Å². The van der Waals surface area contributed by atoms with Crippen molar-refractivity contribution in [3.05, 3.63) is 23.7 Å². The van der Waals surface area contributed by atoms with Gasteiger partial charge in [0.25, 0.3) is 0 Å². The fourth-order valence-electron chi connectivity index (χ4n) is 2.38. The molecule has 0 bridgehead atoms. The minimum atomic E-state index is -5.22. The van der Waals surface area contributed by atoms with Crippen molar-refractivity contribution in [2.45, 2.75) is 31.8 Å². The number of carbonyl (C=O) groups is 2. The van der Waals surface area contributed by atoms with Crippen molar-refractivity contribution < 1.29 is 32.3 Å². The second kappa shape index (κ2) is 4.76. The highest BCUT2D eigenvalue weighted by atomic mass is 19.4. The molecule has 0 aromatic carbocycles. The van der Waals surface area contributed by atoms with E-state index in [1.807, 2.05) is 0 Å². The lowest BCUT2D eigenvalue weighted by Crippen LogP contribution is -2.72. The maximum absolute atomic E-state index is 13.1. The van der Waals surface area contributed by atoms with Gasteiger partial charge in [0.1, 0.15) is 29.3 Å². The Morgan fingerprint density at radius 3 is 2.48 bits per heavy atom. The van der Waals surface area contributed by atoms with Crippen LogP contribution in [0.3, 0.4) is 0 Å². The van der Waals surface area contributed by atoms with E-state index in [2.05, 4.69) is 5.32 Å². The van der Waals surface area contributed by atoms with Crippen LogP contribution in [-0.4, -0.2) is 28.8 Å². The van der Waals surface area contributed by atoms with E-state index in [9.17, 15) is 27.9 Å². The van der Waals surface area contributed by atoms with Gasteiger partial charge in [0.2, 0.25) is 5.72 Å². The lowest BCUT2D eigenvalue weighted by molar-refractivity contribution is -0.290. The number of ketones is 1. The monoisotopic (exact) mass is 306 g/mol. The second-order valence-corrected chi connectivity index (χ2v) is 4.88. The SMILES string of the molecule is CC(=O)C1C(c2ccc(C)o2)NC(=O)NC1(O)C(F)(F)F. The molecule has 3 N–H and O–H groups in total. The number of furan rings is 1. The average molecular weight is 306 g/mol. The summed E-state index contributed by atoms with van der Waals surface area (Å²) in [6.07, 6.45) is -5.22. The molecule has 1 aromatic heterocycles. The largest absolute Gasteiger partial charge is 0.464 e. The first kappa shape index (κ1) is 15.4. The fraction of sp³-hybridized carbons (Fsp3) is 0.500. The van der Waals surface area contributed by atoms with Gasteiger partial charge in [0.15, 0.2) is 0 Å². The van der Waals surface area contributed by atoms with Crippen LogP contribution in [0.4, 0.5) is 18.0 Å². The predicted octanol–water partition coefficient (Wildman–Crippen LogP) is 1.40. The predicted molar refractivity (Wildman–Crippen MR) is 63.0 cm³/mol. The fourth-order valence-corrected chi connectivity index (χ4v) is 2.38. The van der Waals surface area contributed by atoms with Crippen molar-refractivity contribution in [3.63, 3.8) is 0 Å². The van der Waals surface area contributed by atoms with Crippen molar-refractivity contribution in [2.75, 3.05) is 0 Å². The third-order valence-electron chi connectivity index (χ3n) is 3.31. The Balaban J connectivity index is 2.53. The number of alkyl halides is 3. The maximum Gasteiger partial charge on any atom is 0.437 e. The van der Waals surface area contributed by atoms with E-state index < -0.39 is 35.7 Å². The second-order valence-electron chi connectivity index (χ2n) is 4.88. The summed E-state index contributed by atoms with van der Waals surface area (Å²) in [5.74, 6) is -2.55. The van der Waals surface area contributed by atoms with Gasteiger partial charge >= 0.3 is 12.2 Å². The topological polar surface area (TPSA) is 91.6 Å². The first-order valence-corrected chi connectivity index (χ1v) is 6.01. The molecule has 1 aliphatic heterocycles. The number of Topliss-reactive ketones (excluding diaryl/α,β-unsaturated/α-hetero) is 1. The number of hydrogen-bond acceptors (Lipinski definition) is 4. The summed E-state index contributed by atoms with van der Waals surface area (Å²) in [7, 11) is 0. The van der Waals surface area contributed by atoms with Crippen LogP contribution in [0.2, 0.25) is 0 Å². The first-order chi connectivity index (χ1) is 9.56. The van der Waals surface area contributed by atoms with Crippen LogP contribution in [0.25, 0.3) is 0 Å². The molecule has 0 aliphatic carbocycles. The van der Waals surface area contributed by atoms with Crippen LogP contribution in [0, 0.1) is 12.8 Å². The molecule has 116 valence electrons. The van der Waals surface area contributed by atoms with Gasteiger partial charge in [0, 0.05) is 0 Å². The van der Waals surface area contributed by atoms with Crippen LogP contribution in [0.1, 0.15) is 24.5 Å². The molecule has 0 spiro atoms. The van der Waals surface area contributed by atoms with Gasteiger partial charge in [-0.15, -0.1) is 0 Å². The summed E-state index contributed by atoms with van der Waals surface area (Å²) in [5, 5.41) is 13.5. The zero-order valence-corrected chi connectivity index (χ0v) is 11.1. The highest BCUT2D eigenvalue weighted by Gasteiger charge is 2.66. The van der Waals surface area contributed by atoms with Crippen molar-refractivity contribution in [3.8, 4) is 0 Å². The summed E-state index contributed by atoms with van der Waals surface area (Å²) in [4.78, 5) is 23.1. The van der Waals surface area contributed by atoms with Crippen molar-refractivity contribution >= 4 is 11.8 Å². The van der Waals surface area contributed by atoms with Crippen LogP contribution in [0.15, 0.2) is 16.5 Å². The summed E-state index contributed by atoms with van der Waals surface area (Å²) < 4.78 is 44.6. The Morgan fingerprint density at radius 1 is 1.43 bits per heavy atom. The molecule has 2 heterocycles. The molecular weight excluding hydrogens is 293 g/mol. The average Bonchev–Trinajstić information content (AvgIpc) is 2.72. The quantitative estimate of drug-likeness (QED) is 0.770. The van der Waals surface area contributed by atoms with E-state index >= 15 is 0 Å². The van der Waals surface area contributed by atoms with Gasteiger partial charge in [-0.1, -0.05) is 0 Å². The van der Waals surface area contributed by atoms with Gasteiger partial charge in [0.05, 0.1) is 0 Å². The van der Waals surface area contributed by atoms with Gasteiger partial charge < -0.3 is 20.2 Å². The number of rotatable bonds is 2. The number of aryl methyl sites for hydroxylation is 1. The highest BCUT2D eigenvalue weighted by molar-refractivity contribution is 5.85. The number of hydrogen-bond donors (Lipinski definition) is 3. The standard InChI is InChI=1S/C12H13F3N2O4/c1-5-3-4-7(21-5)9-8(6(2)18)11(20,12(13,14)15)17-10(19)16-9/h3-4,8-9,20H,1-2H3,(H2,16,17,19). The molecule has 9 heteroatoms. The number of halogens is 3. The van der Waals surface area contributed by atoms with Crippen LogP contribution in [0.5, 0.6) is 0 Å². The Bertz CT molecular complexity index is 583. The molecule has 0 radical (unpaired) electrons. The Labute approximate surface area is 117 Å². The van der Waals surface area contributed by atoms with E-state index in [-0.39, 0.29) is 5.76 Å². The summed E-state index contributed by atoms with van der Waals surface area (Å²) in [6.45, 7) is 2.47. The number of aliphatic hydroxyl groups is 1. The highest BCUT2D eigenvalue weighted by Crippen LogP contribution is 2.42. The first-order valence-electron chi connectivity index (χ1n) is 6.01. The summed E-state index contributed by atoms with van der Waals surface area (Å²) in [5.41, 5.74) is -3.66. The summed E-state index contributed by atoms with van der Waals surface area (Å²) in [6, 6.07) is 0.161. The molecule has 6 nitrogen and oxygen atoms in total. The van der Waals surface area contributed by atoms with E-state index in [4.69, 9.17) is 4.42 Å². The zero-order chi connectivity index (χ0) is 16.0. The molecular formula is C12H13F3N2O4. The lowest BCUT2D eigenvalue weighted by Gasteiger charge is -2.43. The lowest BCUT2D eigenvalue weighted by atomic mass is 9.81. The molecule has 2 amide bonds. The molecule has 1 aromatic rings. The maximum atomic E-state index is 13.1. The summed E-state index contributed by atoms with van der Waals surface area (Å²) >= 11 is 0. The normalized spacial score (nSPS) is 29.7. The zero-order valence-electron chi connectivity index (χ0n) is 11.1. The van der Waals surface area contributed by atoms with Crippen molar-refractivity contribution in [1.82, 2.24) is 10.6 Å². The van der Waals surface area contributed by atoms with E-state index in [0.717, 1.165) is 6.92 Å². The number of nitrogens with one attached hydrogen (secondary N) is 2.